The van der Waals surface area contributed by atoms with Crippen LogP contribution in [0.25, 0.3) is 0 Å². The topological polar surface area (TPSA) is 117 Å². The molecule has 0 saturated carbocycles. The first-order valence-electron chi connectivity index (χ1n) is 7.25. The Morgan fingerprint density at radius 1 is 1.04 bits per heavy atom. The Labute approximate surface area is 167 Å². The van der Waals surface area contributed by atoms with Gasteiger partial charge in [0.15, 0.2) is 11.5 Å². The standard InChI is InChI=1S/C16H17NO6S.Na/c18-14(7-9-16(19)20)15-8-6-12(23-15)10-11-17-24(21,22)13-4-2-1-3-5-13;/h1-6,8,17H,7,9-11H2,(H,19,20);/q;+1/p-1. The summed E-state index contributed by atoms with van der Waals surface area (Å²) in [6, 6.07) is 11.0. The smallest absolute Gasteiger partial charge is 0.550 e. The molecule has 128 valence electrons. The normalized spacial score (nSPS) is 10.9. The first kappa shape index (κ1) is 21.6. The molecule has 1 heterocycles. The van der Waals surface area contributed by atoms with Crippen LogP contribution in [0.2, 0.25) is 0 Å². The van der Waals surface area contributed by atoms with Gasteiger partial charge < -0.3 is 14.3 Å². The van der Waals surface area contributed by atoms with Gasteiger partial charge in [-0.2, -0.15) is 0 Å². The number of rotatable bonds is 9. The van der Waals surface area contributed by atoms with Crippen LogP contribution in [0, 0.1) is 0 Å². The molecule has 0 spiro atoms. The number of Topliss-reactive ketones (excluding diaryl/α,β-unsaturated/α-hetero) is 1. The van der Waals surface area contributed by atoms with E-state index in [0.29, 0.717) is 5.76 Å². The van der Waals surface area contributed by atoms with Gasteiger partial charge in [0.2, 0.25) is 10.0 Å². The van der Waals surface area contributed by atoms with Gasteiger partial charge in [-0.1, -0.05) is 18.2 Å². The van der Waals surface area contributed by atoms with Gasteiger partial charge in [0, 0.05) is 25.4 Å². The van der Waals surface area contributed by atoms with Gasteiger partial charge in [0.1, 0.15) is 5.76 Å². The summed E-state index contributed by atoms with van der Waals surface area (Å²) in [5.74, 6) is -1.25. The largest absolute Gasteiger partial charge is 1.00 e. The van der Waals surface area contributed by atoms with Gasteiger partial charge in [-0.25, -0.2) is 13.1 Å². The van der Waals surface area contributed by atoms with Crippen molar-refractivity contribution in [2.75, 3.05) is 6.54 Å². The monoisotopic (exact) mass is 373 g/mol. The number of benzene rings is 1. The van der Waals surface area contributed by atoms with E-state index in [9.17, 15) is 23.1 Å². The summed E-state index contributed by atoms with van der Waals surface area (Å²) < 4.78 is 31.8. The van der Waals surface area contributed by atoms with E-state index in [1.54, 1.807) is 24.3 Å². The van der Waals surface area contributed by atoms with E-state index in [0.717, 1.165) is 0 Å². The van der Waals surface area contributed by atoms with Crippen molar-refractivity contribution in [3.05, 3.63) is 54.0 Å². The van der Waals surface area contributed by atoms with E-state index in [4.69, 9.17) is 4.42 Å². The molecule has 9 heteroatoms. The molecule has 0 radical (unpaired) electrons. The SMILES string of the molecule is O=C([O-])CCC(=O)c1ccc(CCNS(=O)(=O)c2ccccc2)o1.[Na+]. The van der Waals surface area contributed by atoms with Gasteiger partial charge in [0.05, 0.1) is 4.90 Å². The maximum Gasteiger partial charge on any atom is 1.00 e. The second kappa shape index (κ2) is 9.88. The van der Waals surface area contributed by atoms with Gasteiger partial charge in [0.25, 0.3) is 0 Å². The van der Waals surface area contributed by atoms with Crippen LogP contribution in [0.4, 0.5) is 0 Å². The Bertz CT molecular complexity index is 816. The molecule has 2 aromatic rings. The Morgan fingerprint density at radius 2 is 1.72 bits per heavy atom. The number of carbonyl (C=O) groups excluding carboxylic acids is 2. The molecule has 0 saturated heterocycles. The molecule has 0 unspecified atom stereocenters. The van der Waals surface area contributed by atoms with E-state index in [1.807, 2.05) is 0 Å². The first-order chi connectivity index (χ1) is 11.4. The zero-order chi connectivity index (χ0) is 17.6. The molecule has 25 heavy (non-hydrogen) atoms. The molecule has 2 rings (SSSR count). The molecule has 1 aromatic heterocycles. The Kier molecular flexibility index (Phi) is 8.54. The first-order valence-corrected chi connectivity index (χ1v) is 8.73. The maximum absolute atomic E-state index is 12.0. The van der Waals surface area contributed by atoms with Gasteiger partial charge >= 0.3 is 29.6 Å². The Hall–Kier alpha value is -1.45. The molecule has 0 fully saturated rings. The van der Waals surface area contributed by atoms with E-state index in [-0.39, 0.29) is 66.0 Å². The average molecular weight is 373 g/mol. The number of carboxylic acids is 1. The summed E-state index contributed by atoms with van der Waals surface area (Å²) in [4.78, 5) is 22.2. The van der Waals surface area contributed by atoms with Crippen molar-refractivity contribution in [1.82, 2.24) is 4.72 Å². The molecule has 0 atom stereocenters. The average Bonchev–Trinajstić information content (AvgIpc) is 3.02. The number of aliphatic carboxylic acids is 1. The maximum atomic E-state index is 12.0. The van der Waals surface area contributed by atoms with Crippen LogP contribution >= 0.6 is 0 Å². The van der Waals surface area contributed by atoms with E-state index < -0.39 is 21.8 Å². The third kappa shape index (κ3) is 6.75. The van der Waals surface area contributed by atoms with Gasteiger partial charge in [-0.3, -0.25) is 4.79 Å². The third-order valence-corrected chi connectivity index (χ3v) is 4.69. The summed E-state index contributed by atoms with van der Waals surface area (Å²) in [6.45, 7) is 0.109. The van der Waals surface area contributed by atoms with Crippen molar-refractivity contribution in [1.29, 1.82) is 0 Å². The molecule has 0 amide bonds. The summed E-state index contributed by atoms with van der Waals surface area (Å²) in [6.07, 6.45) is -0.304. The van der Waals surface area contributed by atoms with Gasteiger partial charge in [-0.05, 0) is 30.7 Å². The predicted molar refractivity (Wildman–Crippen MR) is 82.6 cm³/mol. The number of furan rings is 1. The van der Waals surface area contributed by atoms with Crippen LogP contribution < -0.4 is 39.4 Å². The van der Waals surface area contributed by atoms with Crippen molar-refractivity contribution in [2.45, 2.75) is 24.2 Å². The number of hydrogen-bond donors (Lipinski definition) is 1. The van der Waals surface area contributed by atoms with Gasteiger partial charge in [-0.15, -0.1) is 0 Å². The number of carbonyl (C=O) groups is 2. The predicted octanol–water partition coefficient (Wildman–Crippen LogP) is -2.48. The molecule has 0 aliphatic heterocycles. The molecule has 0 aliphatic carbocycles. The van der Waals surface area contributed by atoms with Crippen LogP contribution in [0.5, 0.6) is 0 Å². The number of nitrogens with one attached hydrogen (secondary N) is 1. The van der Waals surface area contributed by atoms with Crippen LogP contribution in [0.1, 0.15) is 29.2 Å². The van der Waals surface area contributed by atoms with E-state index >= 15 is 0 Å². The minimum atomic E-state index is -3.59. The number of carboxylic acid groups (broad SMARTS) is 1. The minimum Gasteiger partial charge on any atom is -0.550 e. The van der Waals surface area contributed by atoms with E-state index in [2.05, 4.69) is 4.72 Å². The van der Waals surface area contributed by atoms with Crippen LogP contribution in [0.15, 0.2) is 51.8 Å². The fraction of sp³-hybridized carbons (Fsp3) is 0.250. The fourth-order valence-electron chi connectivity index (χ4n) is 1.99. The Morgan fingerprint density at radius 3 is 2.36 bits per heavy atom. The molecular formula is C16H16NNaO6S. The summed E-state index contributed by atoms with van der Waals surface area (Å²) in [5, 5.41) is 10.3. The number of ketones is 1. The van der Waals surface area contributed by atoms with Crippen molar-refractivity contribution in [2.24, 2.45) is 0 Å². The summed E-state index contributed by atoms with van der Waals surface area (Å²) in [7, 11) is -3.59. The van der Waals surface area contributed by atoms with E-state index in [1.165, 1.54) is 18.2 Å². The molecule has 7 nitrogen and oxygen atoms in total. The van der Waals surface area contributed by atoms with Crippen molar-refractivity contribution in [3.8, 4) is 0 Å². The van der Waals surface area contributed by atoms with Crippen molar-refractivity contribution in [3.63, 3.8) is 0 Å². The van der Waals surface area contributed by atoms with Crippen LogP contribution in [-0.2, 0) is 21.2 Å². The molecule has 0 aliphatic rings. The zero-order valence-electron chi connectivity index (χ0n) is 13.7. The molecule has 1 aromatic carbocycles. The third-order valence-electron chi connectivity index (χ3n) is 3.21. The number of hydrogen-bond acceptors (Lipinski definition) is 6. The quantitative estimate of drug-likeness (QED) is 0.384. The van der Waals surface area contributed by atoms with Crippen molar-refractivity contribution >= 4 is 21.8 Å². The second-order valence-corrected chi connectivity index (χ2v) is 6.79. The summed E-state index contributed by atoms with van der Waals surface area (Å²) in [5.41, 5.74) is 0. The fourth-order valence-corrected chi connectivity index (χ4v) is 3.05. The molecule has 0 bridgehead atoms. The van der Waals surface area contributed by atoms with Crippen molar-refractivity contribution < 1.29 is 57.1 Å². The molecular weight excluding hydrogens is 357 g/mol. The number of sulfonamides is 1. The second-order valence-electron chi connectivity index (χ2n) is 5.02. The Balaban J connectivity index is 0.00000312. The van der Waals surface area contributed by atoms with Crippen LogP contribution in [-0.4, -0.2) is 26.7 Å². The minimum absolute atomic E-state index is 0. The summed E-state index contributed by atoms with van der Waals surface area (Å²) >= 11 is 0. The zero-order valence-corrected chi connectivity index (χ0v) is 16.5. The molecule has 1 N–H and O–H groups in total. The van der Waals surface area contributed by atoms with Crippen LogP contribution in [0.3, 0.4) is 0 Å².